The summed E-state index contributed by atoms with van der Waals surface area (Å²) in [6.45, 7) is 3.43. The van der Waals surface area contributed by atoms with Crippen LogP contribution in [0.25, 0.3) is 28.0 Å². The fourth-order valence-corrected chi connectivity index (χ4v) is 11.1. The van der Waals surface area contributed by atoms with E-state index in [0.29, 0.717) is 11.2 Å². The second-order valence-electron chi connectivity index (χ2n) is 16.9. The van der Waals surface area contributed by atoms with Gasteiger partial charge in [0.1, 0.15) is 29.6 Å². The van der Waals surface area contributed by atoms with Gasteiger partial charge in [-0.2, -0.15) is 0 Å². The molecule has 3 fully saturated rings. The molecular formula is C50H53NO6. The number of anilines is 1. The largest absolute Gasteiger partial charge is 0.497 e. The summed E-state index contributed by atoms with van der Waals surface area (Å²) in [5, 5.41) is 11.7. The van der Waals surface area contributed by atoms with E-state index in [9.17, 15) is 5.11 Å². The van der Waals surface area contributed by atoms with Gasteiger partial charge in [-0.15, -0.1) is 0 Å². The highest BCUT2D eigenvalue weighted by molar-refractivity contribution is 6.09. The normalized spacial score (nSPS) is 21.5. The average molecular weight is 764 g/mol. The maximum atomic E-state index is 9.44. The number of ether oxygens (including phenoxy) is 5. The monoisotopic (exact) mass is 763 g/mol. The predicted molar refractivity (Wildman–Crippen MR) is 226 cm³/mol. The molecule has 0 amide bonds. The third kappa shape index (κ3) is 5.91. The van der Waals surface area contributed by atoms with E-state index in [2.05, 4.69) is 89.8 Å². The lowest BCUT2D eigenvalue weighted by Crippen LogP contribution is -2.39. The van der Waals surface area contributed by atoms with Crippen molar-refractivity contribution in [1.82, 2.24) is 0 Å². The molecule has 0 radical (unpaired) electrons. The van der Waals surface area contributed by atoms with Crippen LogP contribution in [0, 0.1) is 5.41 Å². The molecule has 7 heteroatoms. The highest BCUT2D eigenvalue weighted by Gasteiger charge is 2.52. The highest BCUT2D eigenvalue weighted by Crippen LogP contribution is 2.65. The van der Waals surface area contributed by atoms with Crippen LogP contribution in [0.15, 0.2) is 91.0 Å². The molecule has 10 rings (SSSR count). The van der Waals surface area contributed by atoms with Crippen molar-refractivity contribution in [2.45, 2.75) is 68.8 Å². The Morgan fingerprint density at radius 1 is 0.702 bits per heavy atom. The van der Waals surface area contributed by atoms with E-state index >= 15 is 0 Å². The quantitative estimate of drug-likeness (QED) is 0.169. The van der Waals surface area contributed by atoms with E-state index in [0.717, 1.165) is 72.9 Å². The molecule has 2 saturated carbocycles. The molecule has 5 aromatic rings. The fraction of sp³-hybridized carbons (Fsp3) is 0.400. The Morgan fingerprint density at radius 3 is 2.07 bits per heavy atom. The first-order chi connectivity index (χ1) is 28.0. The molecule has 57 heavy (non-hydrogen) atoms. The molecule has 5 aliphatic rings. The summed E-state index contributed by atoms with van der Waals surface area (Å²) in [5.74, 6) is 3.31. The number of fused-ring (bicyclic) bond motifs is 10. The molecule has 1 saturated heterocycles. The Bertz CT molecular complexity index is 2310. The van der Waals surface area contributed by atoms with Gasteiger partial charge in [-0.05, 0) is 132 Å². The summed E-state index contributed by atoms with van der Waals surface area (Å²) in [4.78, 5) is 2.39. The van der Waals surface area contributed by atoms with Gasteiger partial charge >= 0.3 is 0 Å². The van der Waals surface area contributed by atoms with Gasteiger partial charge in [-0.3, -0.25) is 0 Å². The number of aliphatic hydroxyl groups excluding tert-OH is 1. The third-order valence-electron chi connectivity index (χ3n) is 14.1. The van der Waals surface area contributed by atoms with Crippen molar-refractivity contribution in [1.29, 1.82) is 0 Å². The second-order valence-corrected chi connectivity index (χ2v) is 16.9. The van der Waals surface area contributed by atoms with Gasteiger partial charge in [-0.1, -0.05) is 55.7 Å². The zero-order valence-corrected chi connectivity index (χ0v) is 33.3. The van der Waals surface area contributed by atoms with Gasteiger partial charge in [0.15, 0.2) is 5.60 Å². The molecule has 1 unspecified atom stereocenters. The van der Waals surface area contributed by atoms with Gasteiger partial charge in [0, 0.05) is 46.3 Å². The maximum Gasteiger partial charge on any atom is 0.178 e. The van der Waals surface area contributed by atoms with E-state index in [1.807, 2.05) is 12.1 Å². The van der Waals surface area contributed by atoms with Crippen LogP contribution < -0.4 is 23.8 Å². The van der Waals surface area contributed by atoms with E-state index in [4.69, 9.17) is 23.7 Å². The van der Waals surface area contributed by atoms with Crippen LogP contribution in [0.5, 0.6) is 23.0 Å². The summed E-state index contributed by atoms with van der Waals surface area (Å²) in [6.07, 6.45) is 16.2. The van der Waals surface area contributed by atoms with E-state index in [1.165, 1.54) is 83.8 Å². The summed E-state index contributed by atoms with van der Waals surface area (Å²) < 4.78 is 31.1. The van der Waals surface area contributed by atoms with Gasteiger partial charge in [-0.25, -0.2) is 0 Å². The van der Waals surface area contributed by atoms with Crippen molar-refractivity contribution in [2.24, 2.45) is 5.41 Å². The van der Waals surface area contributed by atoms with Crippen molar-refractivity contribution < 1.29 is 28.8 Å². The Balaban J connectivity index is 1.18. The first-order valence-corrected chi connectivity index (χ1v) is 21.0. The summed E-state index contributed by atoms with van der Waals surface area (Å²) in [6, 6.07) is 30.3. The van der Waals surface area contributed by atoms with Crippen molar-refractivity contribution in [3.8, 4) is 34.1 Å². The Hall–Kier alpha value is -4.98. The molecule has 294 valence electrons. The van der Waals surface area contributed by atoms with Crippen LogP contribution in [0.2, 0.25) is 0 Å². The number of nitrogens with zero attached hydrogens (tertiary/aromatic N) is 1. The lowest BCUT2D eigenvalue weighted by Gasteiger charge is -2.48. The molecular weight excluding hydrogens is 711 g/mol. The molecule has 7 nitrogen and oxygen atoms in total. The Labute approximate surface area is 336 Å². The summed E-state index contributed by atoms with van der Waals surface area (Å²) in [7, 11) is 3.52. The van der Waals surface area contributed by atoms with Crippen LogP contribution >= 0.6 is 0 Å². The molecule has 2 spiro atoms. The molecule has 5 aromatic carbocycles. The number of benzene rings is 5. The predicted octanol–water partition coefficient (Wildman–Crippen LogP) is 10.2. The smallest absolute Gasteiger partial charge is 0.178 e. The highest BCUT2D eigenvalue weighted by atomic mass is 16.5. The number of methoxy groups -OCH3 is 2. The Kier molecular flexibility index (Phi) is 9.21. The zero-order chi connectivity index (χ0) is 38.6. The van der Waals surface area contributed by atoms with Crippen LogP contribution in [-0.4, -0.2) is 58.8 Å². The number of hydrogen-bond donors (Lipinski definition) is 1. The zero-order valence-electron chi connectivity index (χ0n) is 33.3. The molecule has 1 N–H and O–H groups in total. The van der Waals surface area contributed by atoms with Crippen molar-refractivity contribution in [3.63, 3.8) is 0 Å². The minimum atomic E-state index is -0.934. The lowest BCUT2D eigenvalue weighted by atomic mass is 9.56. The van der Waals surface area contributed by atoms with Crippen LogP contribution in [0.4, 0.5) is 5.69 Å². The minimum Gasteiger partial charge on any atom is -0.497 e. The lowest BCUT2D eigenvalue weighted by molar-refractivity contribution is 0.0947. The van der Waals surface area contributed by atoms with Gasteiger partial charge in [0.2, 0.25) is 0 Å². The molecule has 1 atom stereocenters. The van der Waals surface area contributed by atoms with Gasteiger partial charge in [0.25, 0.3) is 0 Å². The van der Waals surface area contributed by atoms with Gasteiger partial charge < -0.3 is 33.7 Å². The summed E-state index contributed by atoms with van der Waals surface area (Å²) in [5.41, 5.74) is 9.20. The molecule has 2 aliphatic heterocycles. The van der Waals surface area contributed by atoms with Crippen LogP contribution in [-0.2, 0) is 15.8 Å². The van der Waals surface area contributed by atoms with Crippen molar-refractivity contribution in [3.05, 3.63) is 119 Å². The number of aliphatic hydroxyl groups is 1. The van der Waals surface area contributed by atoms with E-state index < -0.39 is 5.60 Å². The third-order valence-corrected chi connectivity index (χ3v) is 14.1. The fourth-order valence-electron chi connectivity index (χ4n) is 11.1. The second kappa shape index (κ2) is 14.4. The molecule has 0 aromatic heterocycles. The van der Waals surface area contributed by atoms with Crippen molar-refractivity contribution >= 4 is 22.5 Å². The van der Waals surface area contributed by atoms with E-state index in [-0.39, 0.29) is 18.6 Å². The number of morpholine rings is 1. The first-order valence-electron chi connectivity index (χ1n) is 21.0. The molecule has 0 bridgehead atoms. The van der Waals surface area contributed by atoms with E-state index in [1.54, 1.807) is 14.2 Å². The topological polar surface area (TPSA) is 69.6 Å². The number of rotatable bonds is 8. The maximum absolute atomic E-state index is 9.44. The standard InChI is InChI=1S/C50H53NO6/c1-53-38-14-16-40-43(32-38)47-42(46-45(40)41-17-15-39(54-2)33-44(41)49(46)24-22-48(23-25-49)19-4-3-5-20-48)18-21-50(57-47,35-8-12-37(13-9-35)56-31-28-52)34-6-10-36(11-7-34)51-26-29-55-30-27-51/h6-18,21,32-33,52H,3-5,19-20,22-31H2,1-2H3. The van der Waals surface area contributed by atoms with Crippen LogP contribution in [0.1, 0.15) is 85.6 Å². The summed E-state index contributed by atoms with van der Waals surface area (Å²) >= 11 is 0. The van der Waals surface area contributed by atoms with Crippen LogP contribution in [0.3, 0.4) is 0 Å². The minimum absolute atomic E-state index is 0.0379. The molecule has 2 heterocycles. The SMILES string of the molecule is COc1ccc2c(c1)C1(CCC3(CCCCC3)CC1)c1c3c(c4cc(OC)ccc4c1-2)OC(c1ccc(OCCO)cc1)(c1ccc(N2CCOCC2)cc1)C=C3. The first kappa shape index (κ1) is 36.4. The Morgan fingerprint density at radius 2 is 1.37 bits per heavy atom. The van der Waals surface area contributed by atoms with Gasteiger partial charge in [0.05, 0.1) is 34.0 Å². The average Bonchev–Trinajstić information content (AvgIpc) is 3.56. The molecule has 3 aliphatic carbocycles. The van der Waals surface area contributed by atoms with Crippen molar-refractivity contribution in [2.75, 3.05) is 58.6 Å². The number of hydrogen-bond acceptors (Lipinski definition) is 7.